The molecule has 2 N–H and O–H groups in total. The van der Waals surface area contributed by atoms with Crippen LogP contribution in [0.15, 0.2) is 29.5 Å². The Labute approximate surface area is 198 Å². The highest BCUT2D eigenvalue weighted by Gasteiger charge is 2.47. The van der Waals surface area contributed by atoms with E-state index in [1.54, 1.807) is 18.0 Å². The SMILES string of the molecule is CC(=O)N1CCN(C2=NCc3nc(N4CCC5(CC4)CO[C@@H](C)[C@H]5N)cnc32)c2cccnc21. The van der Waals surface area contributed by atoms with Gasteiger partial charge in [0.05, 0.1) is 36.8 Å². The standard InChI is InChI=1S/C24H30N8O2/c1-15-21(25)24(14-34-15)5-8-30(9-6-24)19-13-27-20-17(29-19)12-28-23(20)32-11-10-31(16(2)33)22-18(32)4-3-7-26-22/h3-4,7,13,15,21H,5-6,8-12,14,25H2,1-2H3/t15-,21+/m0/s1. The second-order valence-electron chi connectivity index (χ2n) is 9.72. The average Bonchev–Trinajstić information content (AvgIpc) is 3.40. The van der Waals surface area contributed by atoms with Crippen molar-refractivity contribution in [2.24, 2.45) is 16.1 Å². The summed E-state index contributed by atoms with van der Waals surface area (Å²) in [5.74, 6) is 2.34. The number of aliphatic imine (C=N–C) groups is 1. The molecule has 4 aliphatic rings. The van der Waals surface area contributed by atoms with Crippen LogP contribution in [0.5, 0.6) is 0 Å². The van der Waals surface area contributed by atoms with Gasteiger partial charge in [0.25, 0.3) is 0 Å². The van der Waals surface area contributed by atoms with Crippen LogP contribution in [0, 0.1) is 5.41 Å². The lowest BCUT2D eigenvalue weighted by molar-refractivity contribution is -0.116. The maximum atomic E-state index is 12.1. The van der Waals surface area contributed by atoms with Gasteiger partial charge in [0, 0.05) is 50.8 Å². The number of hydrogen-bond acceptors (Lipinski definition) is 9. The Morgan fingerprint density at radius 3 is 2.76 bits per heavy atom. The lowest BCUT2D eigenvalue weighted by Gasteiger charge is -2.41. The number of ether oxygens (including phenoxy) is 1. The molecule has 0 saturated carbocycles. The fraction of sp³-hybridized carbons (Fsp3) is 0.542. The molecular weight excluding hydrogens is 432 g/mol. The molecule has 0 aromatic carbocycles. The van der Waals surface area contributed by atoms with Crippen LogP contribution in [-0.4, -0.2) is 71.6 Å². The predicted molar refractivity (Wildman–Crippen MR) is 129 cm³/mol. The third kappa shape index (κ3) is 3.27. The Morgan fingerprint density at radius 2 is 2.03 bits per heavy atom. The van der Waals surface area contributed by atoms with Crippen molar-refractivity contribution in [3.05, 3.63) is 35.9 Å². The molecule has 4 aliphatic heterocycles. The molecule has 2 atom stereocenters. The topological polar surface area (TPSA) is 113 Å². The summed E-state index contributed by atoms with van der Waals surface area (Å²) in [5.41, 5.74) is 9.12. The molecule has 1 amide bonds. The van der Waals surface area contributed by atoms with Gasteiger partial charge in [-0.15, -0.1) is 0 Å². The Kier molecular flexibility index (Phi) is 5.03. The summed E-state index contributed by atoms with van der Waals surface area (Å²) in [4.78, 5) is 37.2. The van der Waals surface area contributed by atoms with Gasteiger partial charge in [0.1, 0.15) is 11.5 Å². The van der Waals surface area contributed by atoms with Crippen molar-refractivity contribution in [3.8, 4) is 0 Å². The van der Waals surface area contributed by atoms with Gasteiger partial charge in [-0.2, -0.15) is 0 Å². The highest BCUT2D eigenvalue weighted by molar-refractivity contribution is 6.13. The maximum absolute atomic E-state index is 12.1. The van der Waals surface area contributed by atoms with Gasteiger partial charge in [-0.1, -0.05) is 0 Å². The molecule has 0 unspecified atom stereocenters. The molecule has 2 saturated heterocycles. The number of pyridine rings is 1. The number of carbonyl (C=O) groups is 1. The van der Waals surface area contributed by atoms with Gasteiger partial charge in [-0.05, 0) is 31.9 Å². The smallest absolute Gasteiger partial charge is 0.225 e. The van der Waals surface area contributed by atoms with E-state index in [4.69, 9.17) is 25.4 Å². The van der Waals surface area contributed by atoms with Crippen LogP contribution < -0.4 is 20.4 Å². The van der Waals surface area contributed by atoms with Gasteiger partial charge in [0.2, 0.25) is 5.91 Å². The van der Waals surface area contributed by atoms with E-state index in [9.17, 15) is 4.79 Å². The van der Waals surface area contributed by atoms with E-state index in [-0.39, 0.29) is 23.5 Å². The zero-order valence-corrected chi connectivity index (χ0v) is 19.6. The van der Waals surface area contributed by atoms with Crippen LogP contribution in [0.25, 0.3) is 0 Å². The number of nitrogens with zero attached hydrogens (tertiary/aromatic N) is 7. The van der Waals surface area contributed by atoms with Crippen LogP contribution in [0.4, 0.5) is 17.3 Å². The molecule has 10 nitrogen and oxygen atoms in total. The summed E-state index contributed by atoms with van der Waals surface area (Å²) >= 11 is 0. The lowest BCUT2D eigenvalue weighted by Crippen LogP contribution is -2.50. The largest absolute Gasteiger partial charge is 0.376 e. The Balaban J connectivity index is 1.21. The number of nitrogens with two attached hydrogens (primary N) is 1. The zero-order chi connectivity index (χ0) is 23.4. The zero-order valence-electron chi connectivity index (χ0n) is 19.6. The van der Waals surface area contributed by atoms with Crippen LogP contribution in [0.2, 0.25) is 0 Å². The molecular formula is C24H30N8O2. The van der Waals surface area contributed by atoms with Crippen molar-refractivity contribution in [1.29, 1.82) is 0 Å². The molecule has 2 aromatic rings. The molecule has 2 fully saturated rings. The molecule has 34 heavy (non-hydrogen) atoms. The Hall–Kier alpha value is -3.11. The first kappa shape index (κ1) is 21.4. The molecule has 6 heterocycles. The van der Waals surface area contributed by atoms with E-state index in [1.165, 1.54) is 0 Å². The first-order valence-electron chi connectivity index (χ1n) is 12.0. The van der Waals surface area contributed by atoms with Crippen molar-refractivity contribution in [3.63, 3.8) is 0 Å². The average molecular weight is 463 g/mol. The Bertz CT molecular complexity index is 1160. The summed E-state index contributed by atoms with van der Waals surface area (Å²) in [7, 11) is 0. The normalized spacial score (nSPS) is 25.4. The number of aromatic nitrogens is 3. The summed E-state index contributed by atoms with van der Waals surface area (Å²) in [6.45, 7) is 7.89. The first-order valence-corrected chi connectivity index (χ1v) is 12.0. The first-order chi connectivity index (χ1) is 16.5. The number of hydrogen-bond donors (Lipinski definition) is 1. The molecule has 0 bridgehead atoms. The van der Waals surface area contributed by atoms with Gasteiger partial charge in [-0.3, -0.25) is 14.7 Å². The van der Waals surface area contributed by atoms with E-state index < -0.39 is 0 Å². The van der Waals surface area contributed by atoms with E-state index in [2.05, 4.69) is 21.7 Å². The summed E-state index contributed by atoms with van der Waals surface area (Å²) in [6, 6.07) is 3.95. The number of amidine groups is 1. The van der Waals surface area contributed by atoms with Gasteiger partial charge in [0.15, 0.2) is 11.7 Å². The minimum absolute atomic E-state index is 0.0133. The minimum Gasteiger partial charge on any atom is -0.376 e. The summed E-state index contributed by atoms with van der Waals surface area (Å²) < 4.78 is 5.86. The highest BCUT2D eigenvalue weighted by Crippen LogP contribution is 2.42. The molecule has 1 spiro atoms. The van der Waals surface area contributed by atoms with Crippen LogP contribution >= 0.6 is 0 Å². The second kappa shape index (κ2) is 7.99. The number of fused-ring (bicyclic) bond motifs is 2. The van der Waals surface area contributed by atoms with Gasteiger partial charge >= 0.3 is 0 Å². The van der Waals surface area contributed by atoms with E-state index in [0.29, 0.717) is 25.5 Å². The second-order valence-corrected chi connectivity index (χ2v) is 9.72. The van der Waals surface area contributed by atoms with E-state index in [0.717, 1.165) is 61.3 Å². The van der Waals surface area contributed by atoms with Crippen LogP contribution in [0.3, 0.4) is 0 Å². The van der Waals surface area contributed by atoms with Crippen molar-refractivity contribution in [2.75, 3.05) is 47.5 Å². The molecule has 0 radical (unpaired) electrons. The maximum Gasteiger partial charge on any atom is 0.225 e. The fourth-order valence-corrected chi connectivity index (χ4v) is 5.72. The molecule has 2 aromatic heterocycles. The van der Waals surface area contributed by atoms with Crippen molar-refractivity contribution in [2.45, 2.75) is 45.4 Å². The van der Waals surface area contributed by atoms with Gasteiger partial charge < -0.3 is 20.3 Å². The van der Waals surface area contributed by atoms with Crippen molar-refractivity contribution in [1.82, 2.24) is 15.0 Å². The summed E-state index contributed by atoms with van der Waals surface area (Å²) in [6.07, 6.45) is 5.70. The molecule has 178 valence electrons. The quantitative estimate of drug-likeness (QED) is 0.676. The molecule has 10 heteroatoms. The number of carbonyl (C=O) groups excluding carboxylic acids is 1. The number of amides is 1. The molecule has 0 aliphatic carbocycles. The number of anilines is 3. The highest BCUT2D eigenvalue weighted by atomic mass is 16.5. The monoisotopic (exact) mass is 462 g/mol. The third-order valence-corrected chi connectivity index (χ3v) is 7.85. The van der Waals surface area contributed by atoms with Crippen molar-refractivity contribution >= 4 is 29.1 Å². The lowest BCUT2D eigenvalue weighted by atomic mass is 9.73. The van der Waals surface area contributed by atoms with E-state index >= 15 is 0 Å². The van der Waals surface area contributed by atoms with Crippen LogP contribution in [-0.2, 0) is 16.1 Å². The van der Waals surface area contributed by atoms with Crippen molar-refractivity contribution < 1.29 is 9.53 Å². The fourth-order valence-electron chi connectivity index (χ4n) is 5.72. The Morgan fingerprint density at radius 1 is 1.21 bits per heavy atom. The number of rotatable bonds is 1. The minimum atomic E-state index is -0.0133. The number of piperidine rings is 1. The molecule has 6 rings (SSSR count). The van der Waals surface area contributed by atoms with E-state index in [1.807, 2.05) is 18.3 Å². The predicted octanol–water partition coefficient (Wildman–Crippen LogP) is 1.34. The summed E-state index contributed by atoms with van der Waals surface area (Å²) in [5, 5.41) is 0. The van der Waals surface area contributed by atoms with Gasteiger partial charge in [-0.25, -0.2) is 15.0 Å². The third-order valence-electron chi connectivity index (χ3n) is 7.85. The van der Waals surface area contributed by atoms with Crippen LogP contribution in [0.1, 0.15) is 38.1 Å².